The smallest absolute Gasteiger partial charge is 0.406 e. The zero-order chi connectivity index (χ0) is 24.2. The maximum atomic E-state index is 12.9. The Bertz CT molecular complexity index is 1010. The summed E-state index contributed by atoms with van der Waals surface area (Å²) in [6.45, 7) is 1.53. The van der Waals surface area contributed by atoms with Crippen molar-refractivity contribution in [3.8, 4) is 5.75 Å². The first-order valence-corrected chi connectivity index (χ1v) is 10.6. The third-order valence-corrected chi connectivity index (χ3v) is 5.35. The standard InChI is InChI=1S/C22H23F3N4O5/c23-22(24,25)34-18-6-4-17(5-7-18)27-20(31)29-9-2-11-32-21(15-29)14-28(10-12-33-21)19(30)16-3-1-8-26-13-16/h1,3-8,13H,2,9-12,14-15H2,(H,27,31). The molecule has 1 atom stereocenters. The first-order chi connectivity index (χ1) is 16.2. The van der Waals surface area contributed by atoms with E-state index in [-0.39, 0.29) is 31.4 Å². The minimum atomic E-state index is -4.79. The van der Waals surface area contributed by atoms with Crippen LogP contribution in [0.1, 0.15) is 16.8 Å². The Morgan fingerprint density at radius 1 is 1.03 bits per heavy atom. The van der Waals surface area contributed by atoms with Crippen LogP contribution in [-0.4, -0.2) is 78.3 Å². The molecule has 2 fully saturated rings. The maximum Gasteiger partial charge on any atom is 0.573 e. The van der Waals surface area contributed by atoms with E-state index in [4.69, 9.17) is 9.47 Å². The van der Waals surface area contributed by atoms with E-state index in [1.807, 2.05) is 0 Å². The lowest BCUT2D eigenvalue weighted by Crippen LogP contribution is -2.60. The van der Waals surface area contributed by atoms with Crippen molar-refractivity contribution in [2.75, 3.05) is 44.7 Å². The summed E-state index contributed by atoms with van der Waals surface area (Å²) in [6, 6.07) is 7.75. The molecular formula is C22H23F3N4O5. The predicted molar refractivity (Wildman–Crippen MR) is 113 cm³/mol. The lowest BCUT2D eigenvalue weighted by Gasteiger charge is -2.43. The van der Waals surface area contributed by atoms with Gasteiger partial charge in [-0.15, -0.1) is 13.2 Å². The van der Waals surface area contributed by atoms with Crippen molar-refractivity contribution in [3.05, 3.63) is 54.4 Å². The molecule has 2 aliphatic rings. The molecule has 0 aliphatic carbocycles. The largest absolute Gasteiger partial charge is 0.573 e. The molecule has 1 spiro atoms. The van der Waals surface area contributed by atoms with Crippen molar-refractivity contribution in [2.45, 2.75) is 18.6 Å². The quantitative estimate of drug-likeness (QED) is 0.726. The van der Waals surface area contributed by atoms with Gasteiger partial charge in [-0.1, -0.05) is 0 Å². The van der Waals surface area contributed by atoms with Gasteiger partial charge in [-0.2, -0.15) is 0 Å². The molecule has 0 radical (unpaired) electrons. The van der Waals surface area contributed by atoms with E-state index in [2.05, 4.69) is 15.0 Å². The molecule has 1 aromatic heterocycles. The van der Waals surface area contributed by atoms with Crippen LogP contribution in [0, 0.1) is 0 Å². The van der Waals surface area contributed by atoms with Crippen molar-refractivity contribution >= 4 is 17.6 Å². The molecule has 12 heteroatoms. The SMILES string of the molecule is O=C(Nc1ccc(OC(F)(F)F)cc1)N1CCCOC2(C1)CN(C(=O)c1cccnc1)CCO2. The number of anilines is 1. The number of carbonyl (C=O) groups excluding carboxylic acids is 2. The summed E-state index contributed by atoms with van der Waals surface area (Å²) in [7, 11) is 0. The summed E-state index contributed by atoms with van der Waals surface area (Å²) < 4.78 is 52.7. The Morgan fingerprint density at radius 2 is 1.76 bits per heavy atom. The van der Waals surface area contributed by atoms with Gasteiger partial charge in [0, 0.05) is 31.2 Å². The zero-order valence-electron chi connectivity index (χ0n) is 18.1. The number of morpholine rings is 1. The number of amides is 3. The molecule has 1 unspecified atom stereocenters. The van der Waals surface area contributed by atoms with E-state index in [9.17, 15) is 22.8 Å². The number of nitrogens with zero attached hydrogens (tertiary/aromatic N) is 3. The van der Waals surface area contributed by atoms with Crippen molar-refractivity contribution in [1.82, 2.24) is 14.8 Å². The number of aromatic nitrogens is 1. The van der Waals surface area contributed by atoms with E-state index in [1.165, 1.54) is 23.2 Å². The Kier molecular flexibility index (Phi) is 6.89. The van der Waals surface area contributed by atoms with Crippen LogP contribution >= 0.6 is 0 Å². The summed E-state index contributed by atoms with van der Waals surface area (Å²) in [5, 5.41) is 2.66. The summed E-state index contributed by atoms with van der Waals surface area (Å²) in [6.07, 6.45) is -1.17. The highest BCUT2D eigenvalue weighted by atomic mass is 19.4. The Morgan fingerprint density at radius 3 is 2.47 bits per heavy atom. The third kappa shape index (κ3) is 5.94. The molecular weight excluding hydrogens is 457 g/mol. The van der Waals surface area contributed by atoms with Crippen molar-refractivity contribution in [2.24, 2.45) is 0 Å². The molecule has 2 aliphatic heterocycles. The van der Waals surface area contributed by atoms with E-state index in [0.29, 0.717) is 37.4 Å². The first kappa shape index (κ1) is 23.8. The van der Waals surface area contributed by atoms with Gasteiger partial charge in [0.15, 0.2) is 0 Å². The van der Waals surface area contributed by atoms with Gasteiger partial charge in [-0.05, 0) is 42.8 Å². The number of alkyl halides is 3. The molecule has 9 nitrogen and oxygen atoms in total. The van der Waals surface area contributed by atoms with E-state index < -0.39 is 18.2 Å². The van der Waals surface area contributed by atoms with Gasteiger partial charge in [0.05, 0.1) is 31.9 Å². The minimum absolute atomic E-state index is 0.0743. The van der Waals surface area contributed by atoms with Gasteiger partial charge in [-0.3, -0.25) is 9.78 Å². The number of benzene rings is 1. The predicted octanol–water partition coefficient (Wildman–Crippen LogP) is 3.10. The number of hydrogen-bond acceptors (Lipinski definition) is 6. The number of halogens is 3. The van der Waals surface area contributed by atoms with Crippen molar-refractivity contribution in [1.29, 1.82) is 0 Å². The van der Waals surface area contributed by atoms with E-state index in [0.717, 1.165) is 12.1 Å². The first-order valence-electron chi connectivity index (χ1n) is 10.6. The van der Waals surface area contributed by atoms with Crippen LogP contribution in [0.25, 0.3) is 0 Å². The monoisotopic (exact) mass is 480 g/mol. The van der Waals surface area contributed by atoms with Gasteiger partial charge in [0.1, 0.15) is 5.75 Å². The molecule has 2 aromatic rings. The fourth-order valence-corrected chi connectivity index (χ4v) is 3.83. The highest BCUT2D eigenvalue weighted by Gasteiger charge is 2.43. The zero-order valence-corrected chi connectivity index (χ0v) is 18.1. The van der Waals surface area contributed by atoms with Crippen molar-refractivity contribution in [3.63, 3.8) is 0 Å². The van der Waals surface area contributed by atoms with Crippen LogP contribution in [0.4, 0.5) is 23.7 Å². The number of rotatable bonds is 3. The average molecular weight is 480 g/mol. The highest BCUT2D eigenvalue weighted by molar-refractivity contribution is 5.94. The Hall–Kier alpha value is -3.38. The maximum absolute atomic E-state index is 12.9. The summed E-state index contributed by atoms with van der Waals surface area (Å²) in [4.78, 5) is 32.9. The third-order valence-electron chi connectivity index (χ3n) is 5.35. The number of urea groups is 1. The second-order valence-electron chi connectivity index (χ2n) is 7.85. The molecule has 0 bridgehead atoms. The second-order valence-corrected chi connectivity index (χ2v) is 7.85. The Balaban J connectivity index is 1.41. The molecule has 0 saturated carbocycles. The normalized spacial score (nSPS) is 21.1. The van der Waals surface area contributed by atoms with Crippen LogP contribution in [0.2, 0.25) is 0 Å². The van der Waals surface area contributed by atoms with Gasteiger partial charge < -0.3 is 29.3 Å². The molecule has 4 rings (SSSR count). The van der Waals surface area contributed by atoms with E-state index in [1.54, 1.807) is 23.2 Å². The van der Waals surface area contributed by atoms with Crippen molar-refractivity contribution < 1.29 is 37.0 Å². The number of ether oxygens (including phenoxy) is 3. The average Bonchev–Trinajstić information content (AvgIpc) is 3.02. The highest BCUT2D eigenvalue weighted by Crippen LogP contribution is 2.27. The van der Waals surface area contributed by atoms with E-state index >= 15 is 0 Å². The molecule has 182 valence electrons. The summed E-state index contributed by atoms with van der Waals surface area (Å²) >= 11 is 0. The van der Waals surface area contributed by atoms with Crippen LogP contribution in [0.3, 0.4) is 0 Å². The molecule has 34 heavy (non-hydrogen) atoms. The van der Waals surface area contributed by atoms with Gasteiger partial charge >= 0.3 is 12.4 Å². The topological polar surface area (TPSA) is 93.2 Å². The van der Waals surface area contributed by atoms with Gasteiger partial charge in [-0.25, -0.2) is 4.79 Å². The lowest BCUT2D eigenvalue weighted by molar-refractivity contribution is -0.274. The number of nitrogens with one attached hydrogen (secondary N) is 1. The number of hydrogen-bond donors (Lipinski definition) is 1. The number of carbonyl (C=O) groups is 2. The second kappa shape index (κ2) is 9.85. The summed E-state index contributed by atoms with van der Waals surface area (Å²) in [5.74, 6) is -1.78. The fourth-order valence-electron chi connectivity index (χ4n) is 3.83. The molecule has 3 heterocycles. The molecule has 1 aromatic carbocycles. The lowest BCUT2D eigenvalue weighted by atomic mass is 10.1. The molecule has 2 saturated heterocycles. The minimum Gasteiger partial charge on any atom is -0.406 e. The molecule has 1 N–H and O–H groups in total. The van der Waals surface area contributed by atoms with Gasteiger partial charge in [0.25, 0.3) is 5.91 Å². The fraction of sp³-hybridized carbons (Fsp3) is 0.409. The Labute approximate surface area is 193 Å². The number of pyridine rings is 1. The van der Waals surface area contributed by atoms with Crippen LogP contribution in [0.15, 0.2) is 48.8 Å². The van der Waals surface area contributed by atoms with Crippen LogP contribution in [0.5, 0.6) is 5.75 Å². The summed E-state index contributed by atoms with van der Waals surface area (Å²) in [5.41, 5.74) is 0.748. The van der Waals surface area contributed by atoms with Crippen LogP contribution in [-0.2, 0) is 9.47 Å². The van der Waals surface area contributed by atoms with Gasteiger partial charge in [0.2, 0.25) is 5.79 Å². The molecule has 3 amide bonds. The van der Waals surface area contributed by atoms with Crippen LogP contribution < -0.4 is 10.1 Å².